The van der Waals surface area contributed by atoms with Crippen molar-refractivity contribution in [3.05, 3.63) is 41.1 Å². The van der Waals surface area contributed by atoms with E-state index in [2.05, 4.69) is 6.92 Å². The van der Waals surface area contributed by atoms with E-state index in [1.165, 1.54) is 0 Å². The van der Waals surface area contributed by atoms with E-state index in [-0.39, 0.29) is 0 Å². The third kappa shape index (κ3) is 7.95. The molecule has 112 valence electrons. The quantitative estimate of drug-likeness (QED) is 0.340. The first-order valence-electron chi connectivity index (χ1n) is 7.40. The molecule has 3 nitrogen and oxygen atoms in total. The van der Waals surface area contributed by atoms with E-state index in [1.807, 2.05) is 44.2 Å². The van der Waals surface area contributed by atoms with Crippen molar-refractivity contribution in [2.45, 2.75) is 58.6 Å². The van der Waals surface area contributed by atoms with Gasteiger partial charge in [0.1, 0.15) is 0 Å². The van der Waals surface area contributed by atoms with Gasteiger partial charge in [-0.25, -0.2) is 4.74 Å². The molecular formula is C17H27NO2. The Hall–Kier alpha value is -1.35. The van der Waals surface area contributed by atoms with Crippen molar-refractivity contribution in [2.24, 2.45) is 5.92 Å². The Kier molecular flexibility index (Phi) is 6.73. The van der Waals surface area contributed by atoms with Crippen molar-refractivity contribution < 1.29 is 9.85 Å². The van der Waals surface area contributed by atoms with Gasteiger partial charge in [-0.1, -0.05) is 50.1 Å². The van der Waals surface area contributed by atoms with Crippen molar-refractivity contribution in [1.82, 2.24) is 0 Å². The highest BCUT2D eigenvalue weighted by Gasteiger charge is 2.12. The minimum Gasteiger partial charge on any atom is -0.624 e. The number of benzene rings is 1. The maximum Gasteiger partial charge on any atom is 0.178 e. The molecule has 0 aliphatic heterocycles. The molecule has 0 amide bonds. The van der Waals surface area contributed by atoms with Crippen LogP contribution in [-0.2, 0) is 6.54 Å². The summed E-state index contributed by atoms with van der Waals surface area (Å²) in [5.41, 5.74) is 0.454. The molecule has 20 heavy (non-hydrogen) atoms. The van der Waals surface area contributed by atoms with Gasteiger partial charge in [0.05, 0.1) is 5.60 Å². The first-order chi connectivity index (χ1) is 9.37. The summed E-state index contributed by atoms with van der Waals surface area (Å²) in [6.07, 6.45) is 5.38. The van der Waals surface area contributed by atoms with E-state index < -0.39 is 5.60 Å². The largest absolute Gasteiger partial charge is 0.624 e. The van der Waals surface area contributed by atoms with Crippen molar-refractivity contribution in [3.63, 3.8) is 0 Å². The van der Waals surface area contributed by atoms with Gasteiger partial charge in [-0.05, 0) is 26.2 Å². The fourth-order valence-corrected chi connectivity index (χ4v) is 2.13. The highest BCUT2D eigenvalue weighted by atomic mass is 16.5. The van der Waals surface area contributed by atoms with Gasteiger partial charge >= 0.3 is 0 Å². The highest BCUT2D eigenvalue weighted by molar-refractivity contribution is 5.51. The van der Waals surface area contributed by atoms with Crippen LogP contribution in [-0.4, -0.2) is 21.7 Å². The van der Waals surface area contributed by atoms with Crippen molar-refractivity contribution in [1.29, 1.82) is 0 Å². The highest BCUT2D eigenvalue weighted by Crippen LogP contribution is 2.17. The Morgan fingerprint density at radius 1 is 1.30 bits per heavy atom. The maximum absolute atomic E-state index is 11.8. The lowest BCUT2D eigenvalue weighted by Crippen LogP contribution is -2.18. The standard InChI is InChI=1S/C17H27NO2/c1-15(8-7-12-17(2,3)19)11-13-18(20)14-16-9-5-4-6-10-16/h4-6,9-10,13,15,19H,7-8,11-12,14H2,1-3H3. The fourth-order valence-electron chi connectivity index (χ4n) is 2.13. The van der Waals surface area contributed by atoms with Gasteiger partial charge in [0.25, 0.3) is 0 Å². The average molecular weight is 277 g/mol. The Balaban J connectivity index is 2.28. The zero-order valence-corrected chi connectivity index (χ0v) is 12.9. The third-order valence-corrected chi connectivity index (χ3v) is 3.38. The molecule has 0 spiro atoms. The molecule has 0 radical (unpaired) electrons. The normalized spacial score (nSPS) is 14.3. The molecule has 3 heteroatoms. The van der Waals surface area contributed by atoms with Crippen LogP contribution in [0.15, 0.2) is 30.3 Å². The lowest BCUT2D eigenvalue weighted by Gasteiger charge is -2.17. The smallest absolute Gasteiger partial charge is 0.178 e. The van der Waals surface area contributed by atoms with Crippen LogP contribution in [0.4, 0.5) is 0 Å². The molecule has 0 bridgehead atoms. The van der Waals surface area contributed by atoms with Gasteiger partial charge in [-0.2, -0.15) is 0 Å². The molecule has 1 rings (SSSR count). The molecule has 1 aromatic rings. The van der Waals surface area contributed by atoms with Crippen LogP contribution in [0.3, 0.4) is 0 Å². The van der Waals surface area contributed by atoms with Crippen LogP contribution in [0.2, 0.25) is 0 Å². The van der Waals surface area contributed by atoms with Crippen LogP contribution in [0.1, 0.15) is 52.0 Å². The molecule has 0 fully saturated rings. The average Bonchev–Trinajstić information content (AvgIpc) is 2.36. The topological polar surface area (TPSA) is 46.3 Å². The summed E-state index contributed by atoms with van der Waals surface area (Å²) in [5.74, 6) is 0.476. The minimum atomic E-state index is -0.582. The zero-order chi connectivity index (χ0) is 15.0. The van der Waals surface area contributed by atoms with Crippen LogP contribution < -0.4 is 0 Å². The SMILES string of the molecule is CC(CC=[N+]([O-])Cc1ccccc1)CCCC(C)(C)O. The third-order valence-electron chi connectivity index (χ3n) is 3.38. The molecule has 0 aliphatic rings. The number of aliphatic hydroxyl groups is 1. The zero-order valence-electron chi connectivity index (χ0n) is 12.9. The summed E-state index contributed by atoms with van der Waals surface area (Å²) in [7, 11) is 0. The predicted octanol–water partition coefficient (Wildman–Crippen LogP) is 3.74. The maximum atomic E-state index is 11.8. The number of hydroxylamine groups is 1. The van der Waals surface area contributed by atoms with Gasteiger partial charge in [0.2, 0.25) is 0 Å². The monoisotopic (exact) mass is 277 g/mol. The van der Waals surface area contributed by atoms with E-state index in [1.54, 1.807) is 6.21 Å². The van der Waals surface area contributed by atoms with Gasteiger partial charge < -0.3 is 10.3 Å². The van der Waals surface area contributed by atoms with Gasteiger partial charge in [-0.3, -0.25) is 0 Å². The van der Waals surface area contributed by atoms with E-state index in [9.17, 15) is 10.3 Å². The molecule has 1 unspecified atom stereocenters. The second-order valence-corrected chi connectivity index (χ2v) is 6.29. The Labute approximate surface area is 122 Å². The summed E-state index contributed by atoms with van der Waals surface area (Å²) in [6, 6.07) is 9.77. The molecule has 0 saturated carbocycles. The Morgan fingerprint density at radius 3 is 2.55 bits per heavy atom. The molecule has 1 atom stereocenters. The molecular weight excluding hydrogens is 250 g/mol. The molecule has 1 aromatic carbocycles. The Bertz CT molecular complexity index is 407. The van der Waals surface area contributed by atoms with Crippen LogP contribution in [0.25, 0.3) is 0 Å². The number of rotatable bonds is 8. The second kappa shape index (κ2) is 8.05. The molecule has 0 saturated heterocycles. The summed E-state index contributed by atoms with van der Waals surface area (Å²) < 4.78 is 1.02. The summed E-state index contributed by atoms with van der Waals surface area (Å²) in [5, 5.41) is 21.4. The van der Waals surface area contributed by atoms with Crippen LogP contribution in [0.5, 0.6) is 0 Å². The number of hydrogen-bond donors (Lipinski definition) is 1. The summed E-state index contributed by atoms with van der Waals surface area (Å²) in [4.78, 5) is 0. The van der Waals surface area contributed by atoms with E-state index in [0.29, 0.717) is 12.5 Å². The van der Waals surface area contributed by atoms with Gasteiger partial charge in [0, 0.05) is 12.0 Å². The van der Waals surface area contributed by atoms with Gasteiger partial charge in [-0.15, -0.1) is 0 Å². The van der Waals surface area contributed by atoms with E-state index in [0.717, 1.165) is 36.0 Å². The van der Waals surface area contributed by atoms with Crippen molar-refractivity contribution >= 4 is 6.21 Å². The van der Waals surface area contributed by atoms with E-state index >= 15 is 0 Å². The minimum absolute atomic E-state index is 0.414. The van der Waals surface area contributed by atoms with E-state index in [4.69, 9.17) is 0 Å². The first-order valence-corrected chi connectivity index (χ1v) is 7.40. The summed E-state index contributed by atoms with van der Waals surface area (Å²) >= 11 is 0. The molecule has 0 heterocycles. The lowest BCUT2D eigenvalue weighted by atomic mass is 9.95. The first kappa shape index (κ1) is 16.7. The molecule has 0 aromatic heterocycles. The predicted molar refractivity (Wildman–Crippen MR) is 83.8 cm³/mol. The fraction of sp³-hybridized carbons (Fsp3) is 0.588. The van der Waals surface area contributed by atoms with Gasteiger partial charge in [0.15, 0.2) is 12.8 Å². The number of hydrogen-bond acceptors (Lipinski definition) is 2. The van der Waals surface area contributed by atoms with Crippen LogP contribution in [0, 0.1) is 11.1 Å². The molecule has 0 aliphatic carbocycles. The Morgan fingerprint density at radius 2 is 1.95 bits per heavy atom. The lowest BCUT2D eigenvalue weighted by molar-refractivity contribution is -0.471. The molecule has 1 N–H and O–H groups in total. The summed E-state index contributed by atoms with van der Waals surface area (Å²) in [6.45, 7) is 6.24. The van der Waals surface area contributed by atoms with Crippen molar-refractivity contribution in [2.75, 3.05) is 0 Å². The van der Waals surface area contributed by atoms with Crippen molar-refractivity contribution in [3.8, 4) is 0 Å². The second-order valence-electron chi connectivity index (χ2n) is 6.29. The van der Waals surface area contributed by atoms with Crippen LogP contribution >= 0.6 is 0 Å². The number of nitrogens with zero attached hydrogens (tertiary/aromatic N) is 1.